The van der Waals surface area contributed by atoms with E-state index in [2.05, 4.69) is 0 Å². The summed E-state index contributed by atoms with van der Waals surface area (Å²) in [4.78, 5) is 27.7. The van der Waals surface area contributed by atoms with Crippen LogP contribution in [0.2, 0.25) is 0 Å². The van der Waals surface area contributed by atoms with Gasteiger partial charge >= 0.3 is 5.97 Å². The third kappa shape index (κ3) is 5.38. The molecule has 1 aliphatic carbocycles. The molecule has 3 aromatic rings. The number of carboxylic acids is 1. The normalized spacial score (nSPS) is 21.5. The van der Waals surface area contributed by atoms with Crippen LogP contribution in [0.25, 0.3) is 0 Å². The summed E-state index contributed by atoms with van der Waals surface area (Å²) in [5, 5.41) is 19.9. The van der Waals surface area contributed by atoms with Crippen LogP contribution in [-0.4, -0.2) is 45.2 Å². The van der Waals surface area contributed by atoms with Crippen LogP contribution in [0.3, 0.4) is 0 Å². The van der Waals surface area contributed by atoms with Gasteiger partial charge in [0.2, 0.25) is 0 Å². The summed E-state index contributed by atoms with van der Waals surface area (Å²) in [6, 6.07) is 21.8. The van der Waals surface area contributed by atoms with Crippen molar-refractivity contribution in [2.75, 3.05) is 0 Å². The molecule has 1 saturated carbocycles. The van der Waals surface area contributed by atoms with Gasteiger partial charge in [0.15, 0.2) is 6.10 Å². The van der Waals surface area contributed by atoms with Crippen molar-refractivity contribution in [3.63, 3.8) is 0 Å². The largest absolute Gasteiger partial charge is 0.488 e. The van der Waals surface area contributed by atoms with E-state index < -0.39 is 30.1 Å². The molecule has 3 aromatic carbocycles. The first-order valence-corrected chi connectivity index (χ1v) is 12.6. The van der Waals surface area contributed by atoms with Crippen LogP contribution in [0.5, 0.6) is 5.75 Å². The first-order chi connectivity index (χ1) is 17.9. The Hall–Kier alpha value is -3.68. The molecular weight excluding hydrogens is 470 g/mol. The molecule has 0 bridgehead atoms. The van der Waals surface area contributed by atoms with E-state index in [9.17, 15) is 19.8 Å². The molecule has 0 radical (unpaired) electrons. The average molecular weight is 502 g/mol. The number of aryl methyl sites for hydroxylation is 1. The van der Waals surface area contributed by atoms with Gasteiger partial charge in [0, 0.05) is 18.5 Å². The van der Waals surface area contributed by atoms with Crippen LogP contribution < -0.4 is 4.74 Å². The minimum absolute atomic E-state index is 0.145. The predicted octanol–water partition coefficient (Wildman–Crippen LogP) is 4.19. The highest BCUT2D eigenvalue weighted by Gasteiger charge is 2.41. The van der Waals surface area contributed by atoms with E-state index in [-0.39, 0.29) is 19.1 Å². The number of hydrogen-bond acceptors (Lipinski definition) is 5. The third-order valence-corrected chi connectivity index (χ3v) is 7.19. The fourth-order valence-electron chi connectivity index (χ4n) is 5.04. The number of nitrogens with zero attached hydrogens (tertiary/aromatic N) is 1. The molecule has 5 rings (SSSR count). The van der Waals surface area contributed by atoms with Gasteiger partial charge in [-0.25, -0.2) is 4.79 Å². The standard InChI is InChI=1S/C30H31NO6/c1-19-12-13-22-17-31(29(33)28(21-10-6-3-7-11-21)37-24-14-23(32)15-24)26(30(34)35)16-25(22)27(19)36-18-20-8-4-2-5-9-20/h2-13,23-24,26,28,32H,14-18H2,1H3,(H,34,35)/t23-,24+,26-,28+/m1/s1. The van der Waals surface area contributed by atoms with Gasteiger partial charge in [0.1, 0.15) is 18.4 Å². The summed E-state index contributed by atoms with van der Waals surface area (Å²) in [6.45, 7) is 2.46. The lowest BCUT2D eigenvalue weighted by atomic mass is 9.90. The number of fused-ring (bicyclic) bond motifs is 1. The van der Waals surface area contributed by atoms with E-state index in [1.807, 2.05) is 79.7 Å². The predicted molar refractivity (Wildman–Crippen MR) is 137 cm³/mol. The minimum atomic E-state index is -1.07. The number of ether oxygens (including phenoxy) is 2. The lowest BCUT2D eigenvalue weighted by Crippen LogP contribution is -2.51. The summed E-state index contributed by atoms with van der Waals surface area (Å²) < 4.78 is 12.3. The van der Waals surface area contributed by atoms with Crippen LogP contribution in [0.4, 0.5) is 0 Å². The molecular formula is C30H31NO6. The van der Waals surface area contributed by atoms with Crippen LogP contribution in [0.1, 0.15) is 46.8 Å². The second-order valence-corrected chi connectivity index (χ2v) is 9.82. The smallest absolute Gasteiger partial charge is 0.326 e. The van der Waals surface area contributed by atoms with E-state index >= 15 is 0 Å². The van der Waals surface area contributed by atoms with Crippen LogP contribution in [0, 0.1) is 6.92 Å². The van der Waals surface area contributed by atoms with Crippen molar-refractivity contribution in [1.82, 2.24) is 4.90 Å². The highest BCUT2D eigenvalue weighted by molar-refractivity contribution is 5.88. The van der Waals surface area contributed by atoms with Crippen molar-refractivity contribution in [2.45, 2.75) is 63.7 Å². The average Bonchev–Trinajstić information content (AvgIpc) is 2.90. The van der Waals surface area contributed by atoms with Gasteiger partial charge in [-0.2, -0.15) is 0 Å². The zero-order chi connectivity index (χ0) is 25.9. The highest BCUT2D eigenvalue weighted by Crippen LogP contribution is 2.37. The topological polar surface area (TPSA) is 96.3 Å². The molecule has 2 atom stereocenters. The molecule has 192 valence electrons. The lowest BCUT2D eigenvalue weighted by Gasteiger charge is -2.39. The highest BCUT2D eigenvalue weighted by atomic mass is 16.5. The number of aliphatic hydroxyl groups is 1. The summed E-state index contributed by atoms with van der Waals surface area (Å²) in [5.41, 5.74) is 4.30. The van der Waals surface area contributed by atoms with Gasteiger partial charge in [-0.15, -0.1) is 0 Å². The number of rotatable bonds is 8. The Kier molecular flexibility index (Phi) is 7.26. The molecule has 7 nitrogen and oxygen atoms in total. The van der Waals surface area contributed by atoms with Gasteiger partial charge in [-0.05, 0) is 42.0 Å². The fraction of sp³-hybridized carbons (Fsp3) is 0.333. The maximum Gasteiger partial charge on any atom is 0.326 e. The maximum atomic E-state index is 13.9. The van der Waals surface area contributed by atoms with Crippen LogP contribution >= 0.6 is 0 Å². The fourth-order valence-corrected chi connectivity index (χ4v) is 5.04. The molecule has 2 aliphatic rings. The molecule has 7 heteroatoms. The zero-order valence-electron chi connectivity index (χ0n) is 20.7. The van der Waals surface area contributed by atoms with Gasteiger partial charge in [0.05, 0.1) is 12.2 Å². The number of amides is 1. The number of aliphatic hydroxyl groups excluding tert-OH is 1. The monoisotopic (exact) mass is 501 g/mol. The van der Waals surface area contributed by atoms with Crippen LogP contribution in [0.15, 0.2) is 72.8 Å². The van der Waals surface area contributed by atoms with Gasteiger partial charge < -0.3 is 24.6 Å². The summed E-state index contributed by atoms with van der Waals surface area (Å²) >= 11 is 0. The molecule has 1 heterocycles. The van der Waals surface area contributed by atoms with Gasteiger partial charge in [-0.3, -0.25) is 4.79 Å². The third-order valence-electron chi connectivity index (χ3n) is 7.19. The molecule has 37 heavy (non-hydrogen) atoms. The van der Waals surface area contributed by atoms with Crippen molar-refractivity contribution in [1.29, 1.82) is 0 Å². The van der Waals surface area contributed by atoms with Crippen molar-refractivity contribution in [3.8, 4) is 5.75 Å². The quantitative estimate of drug-likeness (QED) is 0.481. The molecule has 2 N–H and O–H groups in total. The Morgan fingerprint density at radius 1 is 1.00 bits per heavy atom. The van der Waals surface area contributed by atoms with Gasteiger partial charge in [-0.1, -0.05) is 72.8 Å². The number of carbonyl (C=O) groups is 2. The minimum Gasteiger partial charge on any atom is -0.488 e. The SMILES string of the molecule is Cc1ccc2c(c1OCc1ccccc1)C[C@H](C(=O)O)N(C(=O)[C@@H](O[C@H]1C[C@@H](O)C1)c1ccccc1)C2. The van der Waals surface area contributed by atoms with Crippen molar-refractivity contribution in [2.24, 2.45) is 0 Å². The Bertz CT molecular complexity index is 1260. The number of hydrogen-bond donors (Lipinski definition) is 2. The summed E-state index contributed by atoms with van der Waals surface area (Å²) in [6.07, 6.45) is -0.549. The number of carbonyl (C=O) groups excluding carboxylic acids is 1. The summed E-state index contributed by atoms with van der Waals surface area (Å²) in [7, 11) is 0. The second-order valence-electron chi connectivity index (χ2n) is 9.82. The van der Waals surface area contributed by atoms with E-state index in [1.165, 1.54) is 4.90 Å². The van der Waals surface area contributed by atoms with Crippen molar-refractivity contribution < 1.29 is 29.3 Å². The molecule has 0 unspecified atom stereocenters. The van der Waals surface area contributed by atoms with Crippen molar-refractivity contribution in [3.05, 3.63) is 101 Å². The number of benzene rings is 3. The molecule has 0 saturated heterocycles. The molecule has 1 aliphatic heterocycles. The second kappa shape index (κ2) is 10.7. The maximum absolute atomic E-state index is 13.9. The van der Waals surface area contributed by atoms with Gasteiger partial charge in [0.25, 0.3) is 5.91 Å². The Morgan fingerprint density at radius 3 is 2.32 bits per heavy atom. The first kappa shape index (κ1) is 25.0. The number of carboxylic acid groups (broad SMARTS) is 1. The first-order valence-electron chi connectivity index (χ1n) is 12.6. The Balaban J connectivity index is 1.43. The Morgan fingerprint density at radius 2 is 1.68 bits per heavy atom. The molecule has 0 aromatic heterocycles. The van der Waals surface area contributed by atoms with E-state index in [0.29, 0.717) is 30.8 Å². The van der Waals surface area contributed by atoms with E-state index in [1.54, 1.807) is 0 Å². The van der Waals surface area contributed by atoms with E-state index in [0.717, 1.165) is 22.3 Å². The van der Waals surface area contributed by atoms with E-state index in [4.69, 9.17) is 9.47 Å². The molecule has 0 spiro atoms. The van der Waals surface area contributed by atoms with Crippen LogP contribution in [-0.2, 0) is 33.9 Å². The molecule has 1 amide bonds. The zero-order valence-corrected chi connectivity index (χ0v) is 20.7. The Labute approximate surface area is 216 Å². The molecule has 1 fully saturated rings. The lowest BCUT2D eigenvalue weighted by molar-refractivity contribution is -0.167. The summed E-state index contributed by atoms with van der Waals surface area (Å²) in [5.74, 6) is -0.780. The number of aliphatic carboxylic acids is 1. The van der Waals surface area contributed by atoms with Crippen molar-refractivity contribution >= 4 is 11.9 Å².